The smallest absolute Gasteiger partial charge is 0.0952 e. The molecule has 0 bridgehead atoms. The molecule has 0 aromatic carbocycles. The Morgan fingerprint density at radius 3 is 2.79 bits per heavy atom. The number of nitrogens with two attached hydrogens (primary N) is 1. The Labute approximate surface area is 84.4 Å². The third kappa shape index (κ3) is 2.35. The topological polar surface area (TPSA) is 60.4 Å². The molecule has 0 radical (unpaired) electrons. The first-order chi connectivity index (χ1) is 6.61. The van der Waals surface area contributed by atoms with E-state index in [-0.39, 0.29) is 11.6 Å². The summed E-state index contributed by atoms with van der Waals surface area (Å²) in [7, 11) is 0. The van der Waals surface area contributed by atoms with Gasteiger partial charge < -0.3 is 9.15 Å². The molecule has 1 heterocycles. The maximum absolute atomic E-state index is 5.62. The van der Waals surface area contributed by atoms with Crippen LogP contribution < -0.4 is 11.3 Å². The predicted molar refractivity (Wildman–Crippen MR) is 54.5 cm³/mol. The van der Waals surface area contributed by atoms with Gasteiger partial charge in [-0.15, -0.1) is 0 Å². The summed E-state index contributed by atoms with van der Waals surface area (Å²) >= 11 is 0. The molecule has 1 aromatic rings. The van der Waals surface area contributed by atoms with Crippen LogP contribution in [0.5, 0.6) is 0 Å². The van der Waals surface area contributed by atoms with Gasteiger partial charge in [-0.3, -0.25) is 5.84 Å². The van der Waals surface area contributed by atoms with E-state index in [1.807, 2.05) is 26.8 Å². The maximum atomic E-state index is 5.62. The monoisotopic (exact) mass is 198 g/mol. The minimum Gasteiger partial charge on any atom is -0.472 e. The van der Waals surface area contributed by atoms with Gasteiger partial charge in [0.1, 0.15) is 0 Å². The fourth-order valence-corrected chi connectivity index (χ4v) is 1.59. The van der Waals surface area contributed by atoms with Crippen molar-refractivity contribution in [2.24, 2.45) is 5.84 Å². The van der Waals surface area contributed by atoms with Gasteiger partial charge in [0.15, 0.2) is 0 Å². The van der Waals surface area contributed by atoms with Crippen molar-refractivity contribution in [3.05, 3.63) is 24.2 Å². The molecule has 80 valence electrons. The van der Waals surface area contributed by atoms with E-state index in [1.54, 1.807) is 12.5 Å². The van der Waals surface area contributed by atoms with Crippen LogP contribution in [0.15, 0.2) is 23.0 Å². The third-order valence-corrected chi connectivity index (χ3v) is 2.25. The normalized spacial score (nSPS) is 14.3. The average Bonchev–Trinajstić information content (AvgIpc) is 2.57. The summed E-state index contributed by atoms with van der Waals surface area (Å²) in [5.41, 5.74) is 3.38. The molecule has 0 saturated heterocycles. The van der Waals surface area contributed by atoms with E-state index in [2.05, 4.69) is 5.43 Å². The highest BCUT2D eigenvalue weighted by Crippen LogP contribution is 2.28. The van der Waals surface area contributed by atoms with Gasteiger partial charge in [0.05, 0.1) is 24.2 Å². The summed E-state index contributed by atoms with van der Waals surface area (Å²) in [6.07, 6.45) is 3.30. The molecule has 1 rings (SSSR count). The number of hydrogen-bond donors (Lipinski definition) is 2. The van der Waals surface area contributed by atoms with Crippen LogP contribution in [0, 0.1) is 0 Å². The number of nitrogens with one attached hydrogen (secondary N) is 1. The van der Waals surface area contributed by atoms with Gasteiger partial charge >= 0.3 is 0 Å². The second-order valence-electron chi connectivity index (χ2n) is 3.69. The van der Waals surface area contributed by atoms with Crippen LogP contribution in [0.25, 0.3) is 0 Å². The zero-order chi connectivity index (χ0) is 10.6. The van der Waals surface area contributed by atoms with E-state index in [9.17, 15) is 0 Å². The number of hydrazine groups is 1. The fraction of sp³-hybridized carbons (Fsp3) is 0.600. The number of rotatable bonds is 5. The molecule has 0 fully saturated rings. The minimum atomic E-state index is -0.354. The molecule has 14 heavy (non-hydrogen) atoms. The summed E-state index contributed by atoms with van der Waals surface area (Å²) < 4.78 is 10.6. The lowest BCUT2D eigenvalue weighted by Gasteiger charge is -2.32. The van der Waals surface area contributed by atoms with Gasteiger partial charge in [-0.1, -0.05) is 0 Å². The highest BCUT2D eigenvalue weighted by atomic mass is 16.5. The Morgan fingerprint density at radius 1 is 1.64 bits per heavy atom. The van der Waals surface area contributed by atoms with Crippen molar-refractivity contribution in [1.82, 2.24) is 5.43 Å². The molecule has 0 aliphatic carbocycles. The van der Waals surface area contributed by atoms with Crippen LogP contribution >= 0.6 is 0 Å². The van der Waals surface area contributed by atoms with Crippen molar-refractivity contribution in [2.75, 3.05) is 6.61 Å². The zero-order valence-electron chi connectivity index (χ0n) is 8.91. The summed E-state index contributed by atoms with van der Waals surface area (Å²) in [4.78, 5) is 0. The van der Waals surface area contributed by atoms with E-state index in [0.29, 0.717) is 6.61 Å². The van der Waals surface area contributed by atoms with Crippen molar-refractivity contribution in [3.63, 3.8) is 0 Å². The van der Waals surface area contributed by atoms with Crippen molar-refractivity contribution >= 4 is 0 Å². The molecule has 1 unspecified atom stereocenters. The van der Waals surface area contributed by atoms with Crippen molar-refractivity contribution in [3.8, 4) is 0 Å². The summed E-state index contributed by atoms with van der Waals surface area (Å²) in [5, 5.41) is 0. The first kappa shape index (κ1) is 11.2. The van der Waals surface area contributed by atoms with Gasteiger partial charge in [-0.25, -0.2) is 5.43 Å². The average molecular weight is 198 g/mol. The zero-order valence-corrected chi connectivity index (χ0v) is 8.91. The van der Waals surface area contributed by atoms with Gasteiger partial charge in [0, 0.05) is 12.2 Å². The summed E-state index contributed by atoms with van der Waals surface area (Å²) in [6.45, 7) is 6.61. The largest absolute Gasteiger partial charge is 0.472 e. The van der Waals surface area contributed by atoms with Crippen LogP contribution in [0.2, 0.25) is 0 Å². The molecule has 0 saturated carbocycles. The second kappa shape index (κ2) is 4.59. The fourth-order valence-electron chi connectivity index (χ4n) is 1.59. The Kier molecular flexibility index (Phi) is 3.69. The van der Waals surface area contributed by atoms with Crippen molar-refractivity contribution < 1.29 is 9.15 Å². The molecular weight excluding hydrogens is 180 g/mol. The molecule has 0 amide bonds. The molecular formula is C10H18N2O2. The highest BCUT2D eigenvalue weighted by Gasteiger charge is 2.31. The van der Waals surface area contributed by atoms with E-state index < -0.39 is 0 Å². The lowest BCUT2D eigenvalue weighted by Crippen LogP contribution is -2.44. The molecule has 1 aromatic heterocycles. The SMILES string of the molecule is CCOC(C)(C)C(NN)c1ccoc1. The number of ether oxygens (including phenoxy) is 1. The Balaban J connectivity index is 2.81. The predicted octanol–water partition coefficient (Wildman–Crippen LogP) is 1.60. The standard InChI is InChI=1S/C10H18N2O2/c1-4-14-10(2,3)9(12-11)8-5-6-13-7-8/h5-7,9,12H,4,11H2,1-3H3. The Bertz CT molecular complexity index is 257. The lowest BCUT2D eigenvalue weighted by atomic mass is 9.94. The van der Waals surface area contributed by atoms with Crippen LogP contribution in [-0.2, 0) is 4.74 Å². The molecule has 0 aliphatic rings. The quantitative estimate of drug-likeness (QED) is 0.557. The van der Waals surface area contributed by atoms with E-state index in [0.717, 1.165) is 5.56 Å². The third-order valence-electron chi connectivity index (χ3n) is 2.25. The molecule has 0 spiro atoms. The maximum Gasteiger partial charge on any atom is 0.0952 e. The minimum absolute atomic E-state index is 0.0683. The first-order valence-electron chi connectivity index (χ1n) is 4.74. The first-order valence-corrected chi connectivity index (χ1v) is 4.74. The lowest BCUT2D eigenvalue weighted by molar-refractivity contribution is -0.0394. The van der Waals surface area contributed by atoms with Crippen LogP contribution in [0.1, 0.15) is 32.4 Å². The van der Waals surface area contributed by atoms with Crippen LogP contribution in [0.3, 0.4) is 0 Å². The van der Waals surface area contributed by atoms with Crippen LogP contribution in [0.4, 0.5) is 0 Å². The Hall–Kier alpha value is -0.840. The van der Waals surface area contributed by atoms with Crippen LogP contribution in [-0.4, -0.2) is 12.2 Å². The number of hydrogen-bond acceptors (Lipinski definition) is 4. The van der Waals surface area contributed by atoms with E-state index in [4.69, 9.17) is 15.0 Å². The molecule has 3 N–H and O–H groups in total. The van der Waals surface area contributed by atoms with Gasteiger partial charge in [-0.05, 0) is 26.8 Å². The molecule has 4 nitrogen and oxygen atoms in total. The summed E-state index contributed by atoms with van der Waals surface area (Å²) in [5.74, 6) is 5.51. The molecule has 1 atom stereocenters. The van der Waals surface area contributed by atoms with E-state index in [1.165, 1.54) is 0 Å². The van der Waals surface area contributed by atoms with Crippen molar-refractivity contribution in [1.29, 1.82) is 0 Å². The second-order valence-corrected chi connectivity index (χ2v) is 3.69. The van der Waals surface area contributed by atoms with Gasteiger partial charge in [0.2, 0.25) is 0 Å². The molecule has 4 heteroatoms. The van der Waals surface area contributed by atoms with Gasteiger partial charge in [0.25, 0.3) is 0 Å². The van der Waals surface area contributed by atoms with Crippen molar-refractivity contribution in [2.45, 2.75) is 32.4 Å². The highest BCUT2D eigenvalue weighted by molar-refractivity contribution is 5.15. The van der Waals surface area contributed by atoms with Gasteiger partial charge in [-0.2, -0.15) is 0 Å². The number of furan rings is 1. The van der Waals surface area contributed by atoms with E-state index >= 15 is 0 Å². The summed E-state index contributed by atoms with van der Waals surface area (Å²) in [6, 6.07) is 1.81. The molecule has 0 aliphatic heterocycles. The Morgan fingerprint density at radius 2 is 2.36 bits per heavy atom.